The lowest BCUT2D eigenvalue weighted by Crippen LogP contribution is -2.18. The Labute approximate surface area is 127 Å². The number of benzene rings is 2. The summed E-state index contributed by atoms with van der Waals surface area (Å²) in [4.78, 5) is 0. The van der Waals surface area contributed by atoms with Crippen LogP contribution < -0.4 is 5.32 Å². The number of fused-ring (bicyclic) bond motifs is 1. The van der Waals surface area contributed by atoms with Crippen molar-refractivity contribution in [3.63, 3.8) is 0 Å². The van der Waals surface area contributed by atoms with E-state index >= 15 is 0 Å². The zero-order valence-corrected chi connectivity index (χ0v) is 12.3. The van der Waals surface area contributed by atoms with Crippen molar-refractivity contribution in [1.29, 1.82) is 0 Å². The van der Waals surface area contributed by atoms with Gasteiger partial charge in [0.1, 0.15) is 17.2 Å². The molecule has 0 bridgehead atoms. The quantitative estimate of drug-likeness (QED) is 0.754. The summed E-state index contributed by atoms with van der Waals surface area (Å²) in [6.45, 7) is 0. The Morgan fingerprint density at radius 1 is 1.19 bits per heavy atom. The summed E-state index contributed by atoms with van der Waals surface area (Å²) in [6.07, 6.45) is 0.634. The van der Waals surface area contributed by atoms with E-state index in [1.165, 1.54) is 12.1 Å². The fourth-order valence-corrected chi connectivity index (χ4v) is 2.67. The third-order valence-corrected chi connectivity index (χ3v) is 3.93. The molecule has 1 aromatic heterocycles. The number of likely N-dealkylation sites (N-methyl/N-ethyl adjacent to an activating group) is 1. The van der Waals surface area contributed by atoms with Gasteiger partial charge in [-0.25, -0.2) is 4.39 Å². The molecule has 0 aliphatic heterocycles. The molecule has 0 aliphatic carbocycles. The second-order valence-corrected chi connectivity index (χ2v) is 5.37. The van der Waals surface area contributed by atoms with E-state index in [4.69, 9.17) is 16.0 Å². The fraction of sp³-hybridized carbons (Fsp3) is 0.176. The van der Waals surface area contributed by atoms with Crippen molar-refractivity contribution >= 4 is 22.6 Å². The van der Waals surface area contributed by atoms with Crippen LogP contribution >= 0.6 is 11.6 Å². The van der Waals surface area contributed by atoms with Gasteiger partial charge in [0.2, 0.25) is 0 Å². The van der Waals surface area contributed by atoms with Gasteiger partial charge in [-0.2, -0.15) is 0 Å². The Hall–Kier alpha value is -1.84. The first-order chi connectivity index (χ1) is 10.2. The smallest absolute Gasteiger partial charge is 0.134 e. The molecule has 2 aromatic carbocycles. The number of para-hydroxylation sites is 1. The first kappa shape index (κ1) is 14.1. The third kappa shape index (κ3) is 2.94. The Balaban J connectivity index is 1.90. The number of furan rings is 1. The Bertz CT molecular complexity index is 735. The van der Waals surface area contributed by atoms with Crippen LogP contribution in [0.15, 0.2) is 52.9 Å². The van der Waals surface area contributed by atoms with Crippen LogP contribution in [0.5, 0.6) is 0 Å². The largest absolute Gasteiger partial charge is 0.459 e. The molecule has 0 saturated carbocycles. The Morgan fingerprint density at radius 3 is 2.71 bits per heavy atom. The summed E-state index contributed by atoms with van der Waals surface area (Å²) in [5.74, 6) is 0.521. The van der Waals surface area contributed by atoms with E-state index in [1.807, 2.05) is 37.4 Å². The van der Waals surface area contributed by atoms with Crippen LogP contribution in [0.2, 0.25) is 5.02 Å². The van der Waals surface area contributed by atoms with Crippen LogP contribution in [-0.4, -0.2) is 7.05 Å². The van der Waals surface area contributed by atoms with Crippen molar-refractivity contribution in [2.24, 2.45) is 0 Å². The molecule has 3 rings (SSSR count). The molecule has 0 amide bonds. The van der Waals surface area contributed by atoms with Crippen molar-refractivity contribution in [3.05, 3.63) is 70.7 Å². The molecule has 1 N–H and O–H groups in total. The van der Waals surface area contributed by atoms with Gasteiger partial charge in [0, 0.05) is 10.4 Å². The number of hydrogen-bond donors (Lipinski definition) is 1. The van der Waals surface area contributed by atoms with Gasteiger partial charge in [0.25, 0.3) is 0 Å². The second-order valence-electron chi connectivity index (χ2n) is 4.97. The summed E-state index contributed by atoms with van der Waals surface area (Å²) in [6, 6.07) is 14.4. The first-order valence-electron chi connectivity index (χ1n) is 6.77. The van der Waals surface area contributed by atoms with Crippen molar-refractivity contribution in [2.75, 3.05) is 7.05 Å². The summed E-state index contributed by atoms with van der Waals surface area (Å²) in [5.41, 5.74) is 1.75. The SMILES string of the molecule is CNC(Cc1ccc(F)cc1Cl)c1cc2ccccc2o1. The minimum Gasteiger partial charge on any atom is -0.459 e. The lowest BCUT2D eigenvalue weighted by Gasteiger charge is -2.14. The first-order valence-corrected chi connectivity index (χ1v) is 7.15. The van der Waals surface area contributed by atoms with Gasteiger partial charge in [-0.1, -0.05) is 35.9 Å². The predicted octanol–water partition coefficient (Wildman–Crippen LogP) is 4.73. The second kappa shape index (κ2) is 5.88. The maximum atomic E-state index is 13.1. The number of nitrogens with one attached hydrogen (secondary N) is 1. The van der Waals surface area contributed by atoms with Crippen molar-refractivity contribution in [1.82, 2.24) is 5.32 Å². The maximum absolute atomic E-state index is 13.1. The van der Waals surface area contributed by atoms with Gasteiger partial charge in [0.05, 0.1) is 6.04 Å². The summed E-state index contributed by atoms with van der Waals surface area (Å²) in [7, 11) is 1.87. The van der Waals surface area contributed by atoms with E-state index in [1.54, 1.807) is 6.07 Å². The maximum Gasteiger partial charge on any atom is 0.134 e. The highest BCUT2D eigenvalue weighted by Crippen LogP contribution is 2.28. The molecule has 0 radical (unpaired) electrons. The van der Waals surface area contributed by atoms with E-state index < -0.39 is 0 Å². The predicted molar refractivity (Wildman–Crippen MR) is 83.1 cm³/mol. The van der Waals surface area contributed by atoms with E-state index in [-0.39, 0.29) is 11.9 Å². The summed E-state index contributed by atoms with van der Waals surface area (Å²) < 4.78 is 19.0. The molecule has 21 heavy (non-hydrogen) atoms. The van der Waals surface area contributed by atoms with E-state index in [2.05, 4.69) is 5.32 Å². The van der Waals surface area contributed by atoms with Crippen LogP contribution in [0, 0.1) is 5.82 Å². The topological polar surface area (TPSA) is 25.2 Å². The van der Waals surface area contributed by atoms with E-state index in [0.29, 0.717) is 11.4 Å². The minimum absolute atomic E-state index is 0.0136. The van der Waals surface area contributed by atoms with E-state index in [0.717, 1.165) is 22.3 Å². The molecule has 4 heteroatoms. The zero-order valence-electron chi connectivity index (χ0n) is 11.6. The highest BCUT2D eigenvalue weighted by molar-refractivity contribution is 6.31. The highest BCUT2D eigenvalue weighted by Gasteiger charge is 2.16. The lowest BCUT2D eigenvalue weighted by atomic mass is 10.0. The molecule has 2 nitrogen and oxygen atoms in total. The van der Waals surface area contributed by atoms with Gasteiger partial charge in [-0.15, -0.1) is 0 Å². The lowest BCUT2D eigenvalue weighted by molar-refractivity contribution is 0.451. The number of hydrogen-bond acceptors (Lipinski definition) is 2. The molecule has 1 unspecified atom stereocenters. The molecule has 0 spiro atoms. The molecule has 0 fully saturated rings. The van der Waals surface area contributed by atoms with Gasteiger partial charge < -0.3 is 9.73 Å². The molecule has 0 aliphatic rings. The zero-order chi connectivity index (χ0) is 14.8. The highest BCUT2D eigenvalue weighted by atomic mass is 35.5. The molecule has 3 aromatic rings. The monoisotopic (exact) mass is 303 g/mol. The minimum atomic E-state index is -0.325. The van der Waals surface area contributed by atoms with Crippen LogP contribution in [0.4, 0.5) is 4.39 Å². The van der Waals surface area contributed by atoms with Gasteiger partial charge >= 0.3 is 0 Å². The Kier molecular flexibility index (Phi) is 3.95. The van der Waals surface area contributed by atoms with E-state index in [9.17, 15) is 4.39 Å². The Morgan fingerprint density at radius 2 is 2.00 bits per heavy atom. The average Bonchev–Trinajstić information content (AvgIpc) is 2.90. The number of rotatable bonds is 4. The molecule has 0 saturated heterocycles. The molecular formula is C17H15ClFNO. The summed E-state index contributed by atoms with van der Waals surface area (Å²) >= 11 is 6.10. The van der Waals surface area contributed by atoms with Gasteiger partial charge in [-0.05, 0) is 43.3 Å². The molecule has 108 valence electrons. The molecule has 1 atom stereocenters. The third-order valence-electron chi connectivity index (χ3n) is 3.58. The number of halogens is 2. The van der Waals surface area contributed by atoms with Crippen LogP contribution in [-0.2, 0) is 6.42 Å². The fourth-order valence-electron chi connectivity index (χ4n) is 2.43. The van der Waals surface area contributed by atoms with Crippen molar-refractivity contribution < 1.29 is 8.81 Å². The van der Waals surface area contributed by atoms with Crippen LogP contribution in [0.3, 0.4) is 0 Å². The van der Waals surface area contributed by atoms with Crippen molar-refractivity contribution in [2.45, 2.75) is 12.5 Å². The van der Waals surface area contributed by atoms with Gasteiger partial charge in [0.15, 0.2) is 0 Å². The van der Waals surface area contributed by atoms with Crippen LogP contribution in [0.1, 0.15) is 17.4 Å². The van der Waals surface area contributed by atoms with Gasteiger partial charge in [-0.3, -0.25) is 0 Å². The van der Waals surface area contributed by atoms with Crippen molar-refractivity contribution in [3.8, 4) is 0 Å². The molecule has 1 heterocycles. The van der Waals surface area contributed by atoms with Crippen LogP contribution in [0.25, 0.3) is 11.0 Å². The normalized spacial score (nSPS) is 12.7. The molecular weight excluding hydrogens is 289 g/mol. The summed E-state index contributed by atoms with van der Waals surface area (Å²) in [5, 5.41) is 4.73. The average molecular weight is 304 g/mol. The standard InChI is InChI=1S/C17H15ClFNO/c1-20-15(8-11-6-7-13(19)10-14(11)18)17-9-12-4-2-3-5-16(12)21-17/h2-7,9-10,15,20H,8H2,1H3.